The first kappa shape index (κ1) is 20.1. The van der Waals surface area contributed by atoms with E-state index in [0.717, 1.165) is 22.9 Å². The van der Waals surface area contributed by atoms with Crippen LogP contribution in [0.3, 0.4) is 0 Å². The summed E-state index contributed by atoms with van der Waals surface area (Å²) in [7, 11) is -2.25. The maximum atomic E-state index is 13.2. The number of fused-ring (bicyclic) bond motifs is 3. The molecule has 0 N–H and O–H groups in total. The van der Waals surface area contributed by atoms with Gasteiger partial charge in [0.25, 0.3) is 10.1 Å². The van der Waals surface area contributed by atoms with Gasteiger partial charge in [-0.1, -0.05) is 54.6 Å². The Morgan fingerprint density at radius 1 is 1.14 bits per heavy atom. The summed E-state index contributed by atoms with van der Waals surface area (Å²) in [6, 6.07) is 17.6. The molecule has 1 saturated heterocycles. The summed E-state index contributed by atoms with van der Waals surface area (Å²) in [5.41, 5.74) is 0.842. The summed E-state index contributed by atoms with van der Waals surface area (Å²) < 4.78 is 40.0. The van der Waals surface area contributed by atoms with Crippen molar-refractivity contribution in [1.82, 2.24) is 0 Å². The minimum Gasteiger partial charge on any atom is -0.468 e. The Morgan fingerprint density at radius 3 is 2.52 bits per heavy atom. The van der Waals surface area contributed by atoms with Crippen molar-refractivity contribution in [1.29, 1.82) is 0 Å². The molecule has 0 amide bonds. The van der Waals surface area contributed by atoms with E-state index in [9.17, 15) is 13.2 Å². The Labute approximate surface area is 170 Å². The van der Waals surface area contributed by atoms with Gasteiger partial charge in [0.05, 0.1) is 26.1 Å². The van der Waals surface area contributed by atoms with Crippen LogP contribution in [0.5, 0.6) is 0 Å². The van der Waals surface area contributed by atoms with E-state index in [2.05, 4.69) is 0 Å². The molecule has 1 aliphatic carbocycles. The highest BCUT2D eigenvalue weighted by atomic mass is 32.2. The first-order valence-corrected chi connectivity index (χ1v) is 11.4. The Kier molecular flexibility index (Phi) is 5.01. The van der Waals surface area contributed by atoms with E-state index in [4.69, 9.17) is 13.7 Å². The molecular formula is C22H24O6S. The first-order chi connectivity index (χ1) is 13.8. The number of ether oxygens (including phenoxy) is 2. The molecule has 2 aromatic carbocycles. The van der Waals surface area contributed by atoms with Crippen molar-refractivity contribution in [3.05, 3.63) is 71.3 Å². The Hall–Kier alpha value is -2.22. The van der Waals surface area contributed by atoms with E-state index < -0.39 is 27.2 Å². The summed E-state index contributed by atoms with van der Waals surface area (Å²) in [5.74, 6) is -0.349. The van der Waals surface area contributed by atoms with Gasteiger partial charge in [0.2, 0.25) is 0 Å². The highest BCUT2D eigenvalue weighted by Crippen LogP contribution is 2.62. The SMILES string of the molecule is COC(=O)[C@]12CCc3ccccc3[C@@]1(c1ccccc1)OC(COS(C)(=O)=O)C2. The quantitative estimate of drug-likeness (QED) is 0.551. The Balaban J connectivity index is 1.92. The van der Waals surface area contributed by atoms with E-state index in [1.165, 1.54) is 7.11 Å². The van der Waals surface area contributed by atoms with Crippen LogP contribution in [0.25, 0.3) is 0 Å². The molecule has 2 aliphatic rings. The Morgan fingerprint density at radius 2 is 1.83 bits per heavy atom. The van der Waals surface area contributed by atoms with Crippen molar-refractivity contribution in [3.8, 4) is 0 Å². The Bertz CT molecular complexity index is 1020. The van der Waals surface area contributed by atoms with Crippen molar-refractivity contribution in [2.24, 2.45) is 5.41 Å². The second-order valence-electron chi connectivity index (χ2n) is 7.71. The molecule has 0 spiro atoms. The van der Waals surface area contributed by atoms with Gasteiger partial charge in [0.15, 0.2) is 0 Å². The number of hydrogen-bond acceptors (Lipinski definition) is 6. The maximum absolute atomic E-state index is 13.2. The number of esters is 1. The predicted molar refractivity (Wildman–Crippen MR) is 107 cm³/mol. The molecule has 29 heavy (non-hydrogen) atoms. The maximum Gasteiger partial charge on any atom is 0.315 e. The standard InChI is InChI=1S/C22H24O6S/c1-26-20(23)21-13-12-16-8-6-7-11-19(16)22(21,17-9-4-3-5-10-17)28-18(14-21)15-27-29(2,24)25/h3-11,18H,12-15H2,1-2H3/t18?,21-,22-/m1/s1. The molecule has 154 valence electrons. The van der Waals surface area contributed by atoms with E-state index >= 15 is 0 Å². The number of methoxy groups -OCH3 is 1. The third kappa shape index (κ3) is 3.17. The molecule has 7 heteroatoms. The number of carbonyl (C=O) groups is 1. The number of rotatable bonds is 5. The monoisotopic (exact) mass is 416 g/mol. The van der Waals surface area contributed by atoms with Gasteiger partial charge in [-0.05, 0) is 36.0 Å². The van der Waals surface area contributed by atoms with Gasteiger partial charge in [-0.2, -0.15) is 8.42 Å². The van der Waals surface area contributed by atoms with Gasteiger partial charge < -0.3 is 9.47 Å². The van der Waals surface area contributed by atoms with Crippen LogP contribution in [0.1, 0.15) is 29.5 Å². The molecular weight excluding hydrogens is 392 g/mol. The normalized spacial score (nSPS) is 28.4. The zero-order chi connectivity index (χ0) is 20.7. The minimum atomic E-state index is -3.63. The topological polar surface area (TPSA) is 78.9 Å². The second kappa shape index (κ2) is 7.23. The molecule has 2 aromatic rings. The highest BCUT2D eigenvalue weighted by Gasteiger charge is 2.67. The van der Waals surface area contributed by atoms with Crippen LogP contribution in [0.4, 0.5) is 0 Å². The van der Waals surface area contributed by atoms with Crippen molar-refractivity contribution < 1.29 is 26.9 Å². The molecule has 4 rings (SSSR count). The zero-order valence-corrected chi connectivity index (χ0v) is 17.3. The van der Waals surface area contributed by atoms with Crippen LogP contribution in [0.2, 0.25) is 0 Å². The molecule has 1 heterocycles. The summed E-state index contributed by atoms with van der Waals surface area (Å²) in [6.45, 7) is -0.145. The molecule has 1 unspecified atom stereocenters. The van der Waals surface area contributed by atoms with E-state index in [1.54, 1.807) is 0 Å². The number of aryl methyl sites for hydroxylation is 1. The van der Waals surface area contributed by atoms with E-state index in [0.29, 0.717) is 19.3 Å². The molecule has 0 radical (unpaired) electrons. The average Bonchev–Trinajstić information content (AvgIpc) is 3.09. The lowest BCUT2D eigenvalue weighted by Crippen LogP contribution is -2.52. The fraction of sp³-hybridized carbons (Fsp3) is 0.409. The first-order valence-electron chi connectivity index (χ1n) is 9.57. The summed E-state index contributed by atoms with van der Waals surface area (Å²) in [6.07, 6.45) is 2.01. The smallest absolute Gasteiger partial charge is 0.315 e. The van der Waals surface area contributed by atoms with Crippen molar-refractivity contribution in [2.45, 2.75) is 31.0 Å². The number of carbonyl (C=O) groups excluding carboxylic acids is 1. The number of benzene rings is 2. The second-order valence-corrected chi connectivity index (χ2v) is 9.35. The van der Waals surface area contributed by atoms with Crippen molar-refractivity contribution in [2.75, 3.05) is 20.0 Å². The predicted octanol–water partition coefficient (Wildman–Crippen LogP) is 2.80. The zero-order valence-electron chi connectivity index (χ0n) is 16.5. The molecule has 0 bridgehead atoms. The molecule has 1 fully saturated rings. The fourth-order valence-electron chi connectivity index (χ4n) is 4.96. The van der Waals surface area contributed by atoms with Crippen LogP contribution >= 0.6 is 0 Å². The van der Waals surface area contributed by atoms with Crippen LogP contribution in [-0.4, -0.2) is 40.5 Å². The van der Waals surface area contributed by atoms with E-state index in [-0.39, 0.29) is 12.6 Å². The van der Waals surface area contributed by atoms with Gasteiger partial charge in [-0.15, -0.1) is 0 Å². The third-order valence-electron chi connectivity index (χ3n) is 6.04. The highest BCUT2D eigenvalue weighted by molar-refractivity contribution is 7.85. The van der Waals surface area contributed by atoms with Crippen molar-refractivity contribution >= 4 is 16.1 Å². The van der Waals surface area contributed by atoms with Gasteiger partial charge in [-0.3, -0.25) is 8.98 Å². The summed E-state index contributed by atoms with van der Waals surface area (Å²) in [4.78, 5) is 13.2. The molecule has 0 aromatic heterocycles. The lowest BCUT2D eigenvalue weighted by atomic mass is 9.58. The summed E-state index contributed by atoms with van der Waals surface area (Å²) in [5, 5.41) is 0. The van der Waals surface area contributed by atoms with E-state index in [1.807, 2.05) is 54.6 Å². The van der Waals surface area contributed by atoms with Crippen LogP contribution in [0, 0.1) is 5.41 Å². The van der Waals surface area contributed by atoms with Gasteiger partial charge in [0, 0.05) is 0 Å². The van der Waals surface area contributed by atoms with Gasteiger partial charge in [-0.25, -0.2) is 0 Å². The van der Waals surface area contributed by atoms with Crippen LogP contribution in [0.15, 0.2) is 54.6 Å². The lowest BCUT2D eigenvalue weighted by molar-refractivity contribution is -0.166. The molecule has 1 aliphatic heterocycles. The van der Waals surface area contributed by atoms with Crippen molar-refractivity contribution in [3.63, 3.8) is 0 Å². The largest absolute Gasteiger partial charge is 0.468 e. The average molecular weight is 416 g/mol. The fourth-order valence-corrected chi connectivity index (χ4v) is 5.35. The third-order valence-corrected chi connectivity index (χ3v) is 6.60. The molecule has 3 atom stereocenters. The van der Waals surface area contributed by atoms with Crippen LogP contribution < -0.4 is 0 Å². The molecule has 6 nitrogen and oxygen atoms in total. The lowest BCUT2D eigenvalue weighted by Gasteiger charge is -2.47. The number of hydrogen-bond donors (Lipinski definition) is 0. The summed E-state index contributed by atoms with van der Waals surface area (Å²) >= 11 is 0. The van der Waals surface area contributed by atoms with Gasteiger partial charge in [0.1, 0.15) is 11.0 Å². The van der Waals surface area contributed by atoms with Crippen LogP contribution in [-0.2, 0) is 40.6 Å². The van der Waals surface area contributed by atoms with Gasteiger partial charge >= 0.3 is 5.97 Å². The molecule has 0 saturated carbocycles. The minimum absolute atomic E-state index is 0.145.